The summed E-state index contributed by atoms with van der Waals surface area (Å²) in [4.78, 5) is 19.5. The molecule has 0 spiro atoms. The molecule has 1 aromatic heterocycles. The van der Waals surface area contributed by atoms with E-state index < -0.39 is 0 Å². The van der Waals surface area contributed by atoms with Gasteiger partial charge in [-0.25, -0.2) is 0 Å². The maximum atomic E-state index is 12.7. The fourth-order valence-electron chi connectivity index (χ4n) is 2.79. The highest BCUT2D eigenvalue weighted by Gasteiger charge is 2.26. The van der Waals surface area contributed by atoms with Crippen LogP contribution < -0.4 is 5.32 Å². The summed E-state index contributed by atoms with van der Waals surface area (Å²) >= 11 is 0. The second kappa shape index (κ2) is 7.73. The van der Waals surface area contributed by atoms with E-state index in [1.807, 2.05) is 37.4 Å². The van der Waals surface area contributed by atoms with Gasteiger partial charge in [0.25, 0.3) is 5.91 Å². The first-order valence-corrected chi connectivity index (χ1v) is 8.54. The number of carbonyl (C=O) groups is 1. The van der Waals surface area contributed by atoms with E-state index in [1.165, 1.54) is 12.8 Å². The first kappa shape index (κ1) is 16.9. The molecule has 3 rings (SSSR count). The molecule has 1 aromatic carbocycles. The number of nitrogens with zero attached hydrogens (tertiary/aromatic N) is 2. The summed E-state index contributed by atoms with van der Waals surface area (Å²) in [5.74, 6) is 0.511. The van der Waals surface area contributed by atoms with Crippen molar-refractivity contribution in [2.75, 3.05) is 40.4 Å². The van der Waals surface area contributed by atoms with Crippen LogP contribution in [0.1, 0.15) is 34.8 Å². The summed E-state index contributed by atoms with van der Waals surface area (Å²) in [5.41, 5.74) is 2.70. The van der Waals surface area contributed by atoms with Gasteiger partial charge in [0.15, 0.2) is 0 Å². The zero-order valence-electron chi connectivity index (χ0n) is 14.4. The molecule has 1 saturated carbocycles. The number of fused-ring (bicyclic) bond motifs is 1. The van der Waals surface area contributed by atoms with Gasteiger partial charge in [0.1, 0.15) is 0 Å². The molecule has 0 unspecified atom stereocenters. The van der Waals surface area contributed by atoms with Crippen LogP contribution >= 0.6 is 0 Å². The van der Waals surface area contributed by atoms with Crippen molar-refractivity contribution >= 4 is 16.8 Å². The number of benzene rings is 1. The number of hydrogen-bond acceptors (Lipinski definition) is 4. The van der Waals surface area contributed by atoms with E-state index in [9.17, 15) is 4.79 Å². The van der Waals surface area contributed by atoms with Crippen molar-refractivity contribution in [3.8, 4) is 0 Å². The highest BCUT2D eigenvalue weighted by atomic mass is 16.5. The Morgan fingerprint density at radius 1 is 1.33 bits per heavy atom. The zero-order valence-corrected chi connectivity index (χ0v) is 14.4. The Kier molecular flexibility index (Phi) is 5.43. The lowest BCUT2D eigenvalue weighted by Gasteiger charge is -2.16. The molecule has 0 saturated heterocycles. The van der Waals surface area contributed by atoms with E-state index >= 15 is 0 Å². The lowest BCUT2D eigenvalue weighted by molar-refractivity contribution is 0.0949. The van der Waals surface area contributed by atoms with Gasteiger partial charge in [0, 0.05) is 43.7 Å². The third-order valence-electron chi connectivity index (χ3n) is 4.43. The lowest BCUT2D eigenvalue weighted by atomic mass is 10.1. The minimum absolute atomic E-state index is 0.0179. The van der Waals surface area contributed by atoms with Crippen LogP contribution in [0.25, 0.3) is 10.9 Å². The minimum atomic E-state index is -0.0179. The molecule has 1 aliphatic rings. The van der Waals surface area contributed by atoms with Crippen LogP contribution in [-0.4, -0.2) is 56.2 Å². The molecule has 0 atom stereocenters. The van der Waals surface area contributed by atoms with E-state index in [2.05, 4.69) is 10.2 Å². The number of hydrogen-bond donors (Lipinski definition) is 1. The van der Waals surface area contributed by atoms with Crippen molar-refractivity contribution in [2.24, 2.45) is 0 Å². The monoisotopic (exact) mass is 327 g/mol. The summed E-state index contributed by atoms with van der Waals surface area (Å²) in [5, 5.41) is 3.96. The van der Waals surface area contributed by atoms with Gasteiger partial charge in [-0.3, -0.25) is 9.78 Å². The number of aromatic nitrogens is 1. The highest BCUT2D eigenvalue weighted by Crippen LogP contribution is 2.40. The van der Waals surface area contributed by atoms with E-state index in [0.717, 1.165) is 35.2 Å². The first-order valence-electron chi connectivity index (χ1n) is 8.54. The smallest absolute Gasteiger partial charge is 0.252 e. The normalized spacial score (nSPS) is 14.3. The third-order valence-corrected chi connectivity index (χ3v) is 4.43. The molecule has 1 N–H and O–H groups in total. The number of nitrogens with one attached hydrogen (secondary N) is 1. The van der Waals surface area contributed by atoms with Crippen LogP contribution in [0.4, 0.5) is 0 Å². The summed E-state index contributed by atoms with van der Waals surface area (Å²) < 4.78 is 5.06. The largest absolute Gasteiger partial charge is 0.383 e. The van der Waals surface area contributed by atoms with Crippen molar-refractivity contribution in [3.63, 3.8) is 0 Å². The number of rotatable bonds is 8. The molecule has 5 nitrogen and oxygen atoms in total. The number of likely N-dealkylation sites (N-methyl/N-ethyl adjacent to an activating group) is 1. The van der Waals surface area contributed by atoms with Crippen LogP contribution in [0.2, 0.25) is 0 Å². The SMILES string of the molecule is COCCN(C)CCNC(=O)c1cc(C2CC2)nc2ccccc12. The molecule has 1 fully saturated rings. The van der Waals surface area contributed by atoms with Gasteiger partial charge in [-0.2, -0.15) is 0 Å². The van der Waals surface area contributed by atoms with Gasteiger partial charge >= 0.3 is 0 Å². The van der Waals surface area contributed by atoms with Gasteiger partial charge in [-0.1, -0.05) is 18.2 Å². The Morgan fingerprint density at radius 2 is 2.12 bits per heavy atom. The number of methoxy groups -OCH3 is 1. The summed E-state index contributed by atoms with van der Waals surface area (Å²) in [6.45, 7) is 2.97. The Morgan fingerprint density at radius 3 is 2.88 bits per heavy atom. The molecular formula is C19H25N3O2. The number of carbonyl (C=O) groups excluding carboxylic acids is 1. The van der Waals surface area contributed by atoms with E-state index in [-0.39, 0.29) is 5.91 Å². The van der Waals surface area contributed by atoms with Gasteiger partial charge in [-0.05, 0) is 32.0 Å². The Balaban J connectivity index is 1.69. The van der Waals surface area contributed by atoms with E-state index in [0.29, 0.717) is 19.1 Å². The minimum Gasteiger partial charge on any atom is -0.383 e. The van der Waals surface area contributed by atoms with Crippen LogP contribution in [0.15, 0.2) is 30.3 Å². The van der Waals surface area contributed by atoms with Crippen LogP contribution in [0.3, 0.4) is 0 Å². The molecule has 0 radical (unpaired) electrons. The van der Waals surface area contributed by atoms with Crippen molar-refractivity contribution in [1.29, 1.82) is 0 Å². The van der Waals surface area contributed by atoms with Gasteiger partial charge in [-0.15, -0.1) is 0 Å². The second-order valence-electron chi connectivity index (χ2n) is 6.44. The fourth-order valence-corrected chi connectivity index (χ4v) is 2.79. The maximum absolute atomic E-state index is 12.7. The Hall–Kier alpha value is -1.98. The predicted molar refractivity (Wildman–Crippen MR) is 95.4 cm³/mol. The molecular weight excluding hydrogens is 302 g/mol. The number of pyridine rings is 1. The van der Waals surface area contributed by atoms with Gasteiger partial charge in [0.05, 0.1) is 17.7 Å². The van der Waals surface area contributed by atoms with E-state index in [1.54, 1.807) is 7.11 Å². The maximum Gasteiger partial charge on any atom is 0.252 e. The summed E-state index contributed by atoms with van der Waals surface area (Å²) in [7, 11) is 3.72. The molecule has 5 heteroatoms. The molecule has 24 heavy (non-hydrogen) atoms. The average Bonchev–Trinajstić information content (AvgIpc) is 3.44. The second-order valence-corrected chi connectivity index (χ2v) is 6.44. The summed E-state index contributed by atoms with van der Waals surface area (Å²) in [6.07, 6.45) is 2.35. The fraction of sp³-hybridized carbons (Fsp3) is 0.474. The average molecular weight is 327 g/mol. The number of para-hydroxylation sites is 1. The first-order chi connectivity index (χ1) is 11.7. The number of ether oxygens (including phenoxy) is 1. The van der Waals surface area contributed by atoms with E-state index in [4.69, 9.17) is 9.72 Å². The predicted octanol–water partition coefficient (Wildman–Crippen LogP) is 2.42. The van der Waals surface area contributed by atoms with Gasteiger partial charge < -0.3 is 15.0 Å². The highest BCUT2D eigenvalue weighted by molar-refractivity contribution is 6.06. The molecule has 128 valence electrons. The van der Waals surface area contributed by atoms with Crippen LogP contribution in [0.5, 0.6) is 0 Å². The van der Waals surface area contributed by atoms with Crippen LogP contribution in [-0.2, 0) is 4.74 Å². The van der Waals surface area contributed by atoms with Crippen LogP contribution in [0, 0.1) is 0 Å². The quantitative estimate of drug-likeness (QED) is 0.809. The molecule has 1 heterocycles. The number of amides is 1. The molecule has 1 aliphatic carbocycles. The topological polar surface area (TPSA) is 54.5 Å². The Labute approximate surface area is 143 Å². The van der Waals surface area contributed by atoms with Gasteiger partial charge in [0.2, 0.25) is 0 Å². The molecule has 0 aliphatic heterocycles. The molecule has 2 aromatic rings. The standard InChI is InChI=1S/C19H25N3O2/c1-22(11-12-24-2)10-9-20-19(23)16-13-18(14-7-8-14)21-17-6-4-3-5-15(16)17/h3-6,13-14H,7-12H2,1-2H3,(H,20,23). The van der Waals surface area contributed by atoms with Crippen molar-refractivity contribution in [2.45, 2.75) is 18.8 Å². The Bertz CT molecular complexity index is 713. The summed E-state index contributed by atoms with van der Waals surface area (Å²) in [6, 6.07) is 9.85. The molecule has 0 bridgehead atoms. The molecule has 1 amide bonds. The third kappa shape index (κ3) is 4.10. The lowest BCUT2D eigenvalue weighted by Crippen LogP contribution is -2.34. The van der Waals surface area contributed by atoms with Crippen molar-refractivity contribution < 1.29 is 9.53 Å². The van der Waals surface area contributed by atoms with Crippen molar-refractivity contribution in [1.82, 2.24) is 15.2 Å². The zero-order chi connectivity index (χ0) is 16.9. The van der Waals surface area contributed by atoms with Crippen molar-refractivity contribution in [3.05, 3.63) is 41.6 Å².